The molecule has 5 heteroatoms. The first-order chi connectivity index (χ1) is 12.1. The monoisotopic (exact) mass is 343 g/mol. The zero-order chi connectivity index (χ0) is 18.1. The van der Waals surface area contributed by atoms with Crippen LogP contribution in [0.15, 0.2) is 54.6 Å². The van der Waals surface area contributed by atoms with Gasteiger partial charge in [-0.25, -0.2) is 4.39 Å². The first-order valence-electron chi connectivity index (χ1n) is 8.36. The van der Waals surface area contributed by atoms with Crippen molar-refractivity contribution in [3.8, 4) is 0 Å². The summed E-state index contributed by atoms with van der Waals surface area (Å²) in [5.41, 5.74) is 1.45. The molecule has 0 heterocycles. The third-order valence-electron chi connectivity index (χ3n) is 3.94. The molecule has 0 fully saturated rings. The van der Waals surface area contributed by atoms with Crippen LogP contribution in [0.25, 0.3) is 0 Å². The number of carbonyl (C=O) groups excluding carboxylic acids is 1. The average Bonchev–Trinajstić information content (AvgIpc) is 2.59. The Kier molecular flexibility index (Phi) is 7.14. The molecule has 0 aliphatic carbocycles. The van der Waals surface area contributed by atoms with E-state index < -0.39 is 12.0 Å². The number of aliphatic carboxylic acids is 1. The van der Waals surface area contributed by atoms with E-state index in [0.29, 0.717) is 24.8 Å². The maximum atomic E-state index is 14.2. The quantitative estimate of drug-likeness (QED) is 0.679. The summed E-state index contributed by atoms with van der Waals surface area (Å²) in [6.07, 6.45) is 1.71. The number of benzene rings is 2. The number of carboxylic acids is 1. The van der Waals surface area contributed by atoms with E-state index in [1.54, 1.807) is 18.2 Å². The highest BCUT2D eigenvalue weighted by Crippen LogP contribution is 2.21. The Hall–Kier alpha value is -2.69. The molecule has 1 unspecified atom stereocenters. The zero-order valence-corrected chi connectivity index (χ0v) is 14.0. The molecular formula is C20H22FNO3. The lowest BCUT2D eigenvalue weighted by molar-refractivity contribution is -0.137. The van der Waals surface area contributed by atoms with E-state index in [4.69, 9.17) is 5.11 Å². The van der Waals surface area contributed by atoms with Crippen molar-refractivity contribution in [3.63, 3.8) is 0 Å². The Morgan fingerprint density at radius 2 is 1.60 bits per heavy atom. The van der Waals surface area contributed by atoms with E-state index >= 15 is 0 Å². The van der Waals surface area contributed by atoms with E-state index in [2.05, 4.69) is 5.32 Å². The van der Waals surface area contributed by atoms with Crippen LogP contribution in [0, 0.1) is 5.82 Å². The van der Waals surface area contributed by atoms with Crippen LogP contribution in [0.4, 0.5) is 4.39 Å². The van der Waals surface area contributed by atoms with E-state index in [1.165, 1.54) is 6.07 Å². The van der Waals surface area contributed by atoms with Crippen LogP contribution in [-0.4, -0.2) is 17.0 Å². The van der Waals surface area contributed by atoms with Gasteiger partial charge in [-0.2, -0.15) is 0 Å². The normalized spacial score (nSPS) is 11.7. The van der Waals surface area contributed by atoms with Crippen LogP contribution >= 0.6 is 0 Å². The highest BCUT2D eigenvalue weighted by Gasteiger charge is 2.18. The minimum Gasteiger partial charge on any atom is -0.481 e. The van der Waals surface area contributed by atoms with Gasteiger partial charge in [0.2, 0.25) is 5.91 Å². The van der Waals surface area contributed by atoms with Gasteiger partial charge >= 0.3 is 5.97 Å². The molecule has 0 aromatic heterocycles. The fourth-order valence-corrected chi connectivity index (χ4v) is 2.67. The van der Waals surface area contributed by atoms with Crippen molar-refractivity contribution in [1.82, 2.24) is 5.32 Å². The summed E-state index contributed by atoms with van der Waals surface area (Å²) in [6, 6.07) is 15.5. The number of nitrogens with one attached hydrogen (secondary N) is 1. The molecule has 2 aromatic rings. The van der Waals surface area contributed by atoms with Crippen molar-refractivity contribution in [2.75, 3.05) is 0 Å². The molecule has 0 saturated heterocycles. The second-order valence-corrected chi connectivity index (χ2v) is 5.93. The molecule has 0 spiro atoms. The van der Waals surface area contributed by atoms with Crippen LogP contribution in [0.5, 0.6) is 0 Å². The first-order valence-corrected chi connectivity index (χ1v) is 8.36. The second kappa shape index (κ2) is 9.57. The largest absolute Gasteiger partial charge is 0.481 e. The zero-order valence-electron chi connectivity index (χ0n) is 14.0. The summed E-state index contributed by atoms with van der Waals surface area (Å²) >= 11 is 0. The van der Waals surface area contributed by atoms with Crippen molar-refractivity contribution in [1.29, 1.82) is 0 Å². The van der Waals surface area contributed by atoms with Crippen LogP contribution in [0.3, 0.4) is 0 Å². The molecule has 1 amide bonds. The summed E-state index contributed by atoms with van der Waals surface area (Å²) in [4.78, 5) is 22.7. The standard InChI is InChI=1S/C20H22FNO3/c21-17-11-5-4-10-16(17)18(14-15-8-2-1-3-9-15)22-19(23)12-6-7-13-20(24)25/h1-5,8-11,18H,6-7,12-14H2,(H,22,23)(H,24,25). The molecule has 1 atom stereocenters. The van der Waals surface area contributed by atoms with Crippen molar-refractivity contribution >= 4 is 11.9 Å². The van der Waals surface area contributed by atoms with Gasteiger partial charge in [-0.1, -0.05) is 48.5 Å². The predicted octanol–water partition coefficient (Wildman–Crippen LogP) is 3.87. The van der Waals surface area contributed by atoms with Crippen LogP contribution in [0.1, 0.15) is 42.9 Å². The Morgan fingerprint density at radius 1 is 0.960 bits per heavy atom. The lowest BCUT2D eigenvalue weighted by Crippen LogP contribution is -2.30. The number of carboxylic acid groups (broad SMARTS) is 1. The van der Waals surface area contributed by atoms with Gasteiger partial charge in [0.1, 0.15) is 5.82 Å². The molecule has 2 aromatic carbocycles. The van der Waals surface area contributed by atoms with Crippen molar-refractivity contribution in [2.24, 2.45) is 0 Å². The molecule has 0 bridgehead atoms. The van der Waals surface area contributed by atoms with E-state index in [-0.39, 0.29) is 24.6 Å². The van der Waals surface area contributed by atoms with Crippen LogP contribution < -0.4 is 5.32 Å². The maximum Gasteiger partial charge on any atom is 0.303 e. The third kappa shape index (κ3) is 6.37. The number of halogens is 1. The number of hydrogen-bond donors (Lipinski definition) is 2. The molecule has 0 radical (unpaired) electrons. The maximum absolute atomic E-state index is 14.2. The number of unbranched alkanes of at least 4 members (excludes halogenated alkanes) is 1. The third-order valence-corrected chi connectivity index (χ3v) is 3.94. The molecule has 0 saturated carbocycles. The molecule has 4 nitrogen and oxygen atoms in total. The number of hydrogen-bond acceptors (Lipinski definition) is 2. The fourth-order valence-electron chi connectivity index (χ4n) is 2.67. The van der Waals surface area contributed by atoms with Crippen LogP contribution in [0.2, 0.25) is 0 Å². The predicted molar refractivity (Wildman–Crippen MR) is 93.5 cm³/mol. The van der Waals surface area contributed by atoms with Crippen molar-refractivity contribution in [2.45, 2.75) is 38.1 Å². The number of rotatable bonds is 9. The first kappa shape index (κ1) is 18.6. The molecule has 0 aliphatic heterocycles. The summed E-state index contributed by atoms with van der Waals surface area (Å²) < 4.78 is 14.2. The van der Waals surface area contributed by atoms with Gasteiger partial charge in [-0.3, -0.25) is 9.59 Å². The second-order valence-electron chi connectivity index (χ2n) is 5.93. The molecule has 2 N–H and O–H groups in total. The van der Waals surface area contributed by atoms with Gasteiger partial charge in [0.15, 0.2) is 0 Å². The van der Waals surface area contributed by atoms with E-state index in [1.807, 2.05) is 30.3 Å². The lowest BCUT2D eigenvalue weighted by atomic mass is 9.98. The average molecular weight is 343 g/mol. The topological polar surface area (TPSA) is 66.4 Å². The van der Waals surface area contributed by atoms with Gasteiger partial charge in [0.25, 0.3) is 0 Å². The smallest absolute Gasteiger partial charge is 0.303 e. The molecule has 25 heavy (non-hydrogen) atoms. The minimum absolute atomic E-state index is 0.0496. The van der Waals surface area contributed by atoms with Gasteiger partial charge in [0.05, 0.1) is 6.04 Å². The Labute approximate surface area is 146 Å². The van der Waals surface area contributed by atoms with Gasteiger partial charge in [-0.05, 0) is 30.9 Å². The molecular weight excluding hydrogens is 321 g/mol. The summed E-state index contributed by atoms with van der Waals surface area (Å²) in [5.74, 6) is -1.42. The van der Waals surface area contributed by atoms with Crippen LogP contribution in [-0.2, 0) is 16.0 Å². The minimum atomic E-state index is -0.867. The highest BCUT2D eigenvalue weighted by molar-refractivity contribution is 5.76. The summed E-state index contributed by atoms with van der Waals surface area (Å²) in [7, 11) is 0. The Morgan fingerprint density at radius 3 is 2.28 bits per heavy atom. The molecule has 2 rings (SSSR count). The van der Waals surface area contributed by atoms with Crippen molar-refractivity contribution in [3.05, 3.63) is 71.5 Å². The van der Waals surface area contributed by atoms with Crippen molar-refractivity contribution < 1.29 is 19.1 Å². The van der Waals surface area contributed by atoms with Gasteiger partial charge < -0.3 is 10.4 Å². The SMILES string of the molecule is O=C(O)CCCCC(=O)NC(Cc1ccccc1)c1ccccc1F. The fraction of sp³-hybridized carbons (Fsp3) is 0.300. The highest BCUT2D eigenvalue weighted by atomic mass is 19.1. The van der Waals surface area contributed by atoms with Gasteiger partial charge in [-0.15, -0.1) is 0 Å². The Balaban J connectivity index is 2.03. The summed E-state index contributed by atoms with van der Waals surface area (Å²) in [6.45, 7) is 0. The Bertz CT molecular complexity index is 703. The van der Waals surface area contributed by atoms with Gasteiger partial charge in [0, 0.05) is 18.4 Å². The van der Waals surface area contributed by atoms with E-state index in [0.717, 1.165) is 5.56 Å². The summed E-state index contributed by atoms with van der Waals surface area (Å²) in [5, 5.41) is 11.5. The number of carbonyl (C=O) groups is 2. The molecule has 132 valence electrons. The molecule has 0 aliphatic rings. The van der Waals surface area contributed by atoms with E-state index in [9.17, 15) is 14.0 Å². The lowest BCUT2D eigenvalue weighted by Gasteiger charge is -2.20. The number of amides is 1.